The zero-order valence-electron chi connectivity index (χ0n) is 7.34. The van der Waals surface area contributed by atoms with Crippen molar-refractivity contribution in [2.45, 2.75) is 6.42 Å². The van der Waals surface area contributed by atoms with Crippen molar-refractivity contribution in [3.63, 3.8) is 0 Å². The Morgan fingerprint density at radius 3 is 2.71 bits per heavy atom. The Hall–Kier alpha value is -1.71. The summed E-state index contributed by atoms with van der Waals surface area (Å²) in [6.07, 6.45) is 3.77. The number of halogens is 2. The molecule has 0 radical (unpaired) electrons. The van der Waals surface area contributed by atoms with Crippen molar-refractivity contribution in [1.82, 2.24) is 0 Å². The van der Waals surface area contributed by atoms with Crippen LogP contribution in [0.2, 0.25) is 0 Å². The molecular weight excluding hydrogens is 188 g/mol. The van der Waals surface area contributed by atoms with Crippen molar-refractivity contribution in [3.8, 4) is 0 Å². The van der Waals surface area contributed by atoms with Gasteiger partial charge in [0, 0.05) is 18.1 Å². The summed E-state index contributed by atoms with van der Waals surface area (Å²) in [5.74, 6) is -1.49. The highest BCUT2D eigenvalue weighted by Crippen LogP contribution is 2.19. The number of anilines is 1. The summed E-state index contributed by atoms with van der Waals surface area (Å²) in [5.41, 5.74) is 5.48. The second-order valence-electron chi connectivity index (χ2n) is 2.70. The number of hydrogen-bond acceptors (Lipinski definition) is 2. The molecule has 4 heteroatoms. The fourth-order valence-corrected chi connectivity index (χ4v) is 0.993. The Morgan fingerprint density at radius 2 is 2.07 bits per heavy atom. The van der Waals surface area contributed by atoms with Crippen molar-refractivity contribution in [1.29, 1.82) is 0 Å². The van der Waals surface area contributed by atoms with Gasteiger partial charge in [0.2, 0.25) is 0 Å². The quantitative estimate of drug-likeness (QED) is 0.596. The van der Waals surface area contributed by atoms with E-state index in [9.17, 15) is 13.6 Å². The number of rotatable bonds is 3. The van der Waals surface area contributed by atoms with Crippen molar-refractivity contribution in [3.05, 3.63) is 35.4 Å². The molecule has 0 atom stereocenters. The van der Waals surface area contributed by atoms with E-state index in [0.717, 1.165) is 6.07 Å². The van der Waals surface area contributed by atoms with Crippen LogP contribution in [0.25, 0.3) is 6.08 Å². The van der Waals surface area contributed by atoms with E-state index in [-0.39, 0.29) is 17.7 Å². The van der Waals surface area contributed by atoms with E-state index in [4.69, 9.17) is 5.73 Å². The van der Waals surface area contributed by atoms with Crippen LogP contribution in [0.4, 0.5) is 14.5 Å². The average molecular weight is 197 g/mol. The summed E-state index contributed by atoms with van der Waals surface area (Å²) >= 11 is 0. The van der Waals surface area contributed by atoms with Crippen LogP contribution in [-0.2, 0) is 4.79 Å². The molecule has 0 aliphatic carbocycles. The first-order valence-corrected chi connectivity index (χ1v) is 4.00. The van der Waals surface area contributed by atoms with Crippen molar-refractivity contribution >= 4 is 18.0 Å². The predicted octanol–water partition coefficient (Wildman–Crippen LogP) is 2.15. The summed E-state index contributed by atoms with van der Waals surface area (Å²) in [4.78, 5) is 9.98. The molecule has 0 saturated carbocycles. The monoisotopic (exact) mass is 197 g/mol. The minimum Gasteiger partial charge on any atom is -0.396 e. The van der Waals surface area contributed by atoms with Crippen LogP contribution >= 0.6 is 0 Å². The summed E-state index contributed by atoms with van der Waals surface area (Å²) in [6, 6.07) is 1.83. The van der Waals surface area contributed by atoms with Gasteiger partial charge in [-0.15, -0.1) is 0 Å². The van der Waals surface area contributed by atoms with Crippen molar-refractivity contribution in [2.24, 2.45) is 0 Å². The van der Waals surface area contributed by atoms with E-state index in [0.29, 0.717) is 12.4 Å². The molecule has 2 nitrogen and oxygen atoms in total. The Kier molecular flexibility index (Phi) is 3.34. The summed E-state index contributed by atoms with van der Waals surface area (Å²) < 4.78 is 25.6. The molecule has 1 rings (SSSR count). The molecular formula is C10H9F2NO. The minimum absolute atomic E-state index is 0.117. The molecule has 0 spiro atoms. The van der Waals surface area contributed by atoms with E-state index < -0.39 is 11.6 Å². The molecule has 1 aromatic rings. The summed E-state index contributed by atoms with van der Waals surface area (Å²) in [7, 11) is 0. The van der Waals surface area contributed by atoms with Crippen molar-refractivity contribution < 1.29 is 13.6 Å². The molecule has 74 valence electrons. The average Bonchev–Trinajstić information content (AvgIpc) is 2.13. The van der Waals surface area contributed by atoms with E-state index in [1.807, 2.05) is 0 Å². The SMILES string of the molecule is Nc1c(F)cc(F)cc1C=CCC=O. The maximum atomic E-state index is 12.9. The van der Waals surface area contributed by atoms with Gasteiger partial charge < -0.3 is 10.5 Å². The van der Waals surface area contributed by atoms with Crippen LogP contribution in [0.5, 0.6) is 0 Å². The van der Waals surface area contributed by atoms with Crippen LogP contribution in [0, 0.1) is 11.6 Å². The molecule has 0 unspecified atom stereocenters. The smallest absolute Gasteiger partial charge is 0.149 e. The second-order valence-corrected chi connectivity index (χ2v) is 2.70. The van der Waals surface area contributed by atoms with Gasteiger partial charge in [0.15, 0.2) is 0 Å². The number of allylic oxidation sites excluding steroid dienone is 1. The van der Waals surface area contributed by atoms with Crippen LogP contribution in [0.15, 0.2) is 18.2 Å². The maximum Gasteiger partial charge on any atom is 0.149 e. The van der Waals surface area contributed by atoms with E-state index in [2.05, 4.69) is 0 Å². The minimum atomic E-state index is -0.796. The normalized spacial score (nSPS) is 10.7. The summed E-state index contributed by atoms with van der Waals surface area (Å²) in [5, 5.41) is 0. The van der Waals surface area contributed by atoms with Gasteiger partial charge in [-0.2, -0.15) is 0 Å². The molecule has 0 amide bonds. The van der Waals surface area contributed by atoms with E-state index in [1.54, 1.807) is 0 Å². The third kappa shape index (κ3) is 2.39. The van der Waals surface area contributed by atoms with Crippen molar-refractivity contribution in [2.75, 3.05) is 5.73 Å². The first kappa shape index (κ1) is 10.4. The number of carbonyl (C=O) groups excluding carboxylic acids is 1. The third-order valence-electron chi connectivity index (χ3n) is 1.66. The van der Waals surface area contributed by atoms with Gasteiger partial charge in [-0.1, -0.05) is 12.2 Å². The number of aldehydes is 1. The van der Waals surface area contributed by atoms with Gasteiger partial charge in [-0.25, -0.2) is 8.78 Å². The largest absolute Gasteiger partial charge is 0.396 e. The lowest BCUT2D eigenvalue weighted by atomic mass is 10.1. The first-order valence-electron chi connectivity index (χ1n) is 4.00. The van der Waals surface area contributed by atoms with Gasteiger partial charge in [-0.3, -0.25) is 0 Å². The Balaban J connectivity index is 3.01. The van der Waals surface area contributed by atoms with Gasteiger partial charge in [0.25, 0.3) is 0 Å². The van der Waals surface area contributed by atoms with Gasteiger partial charge in [0.05, 0.1) is 5.69 Å². The lowest BCUT2D eigenvalue weighted by Gasteiger charge is -2.01. The molecule has 14 heavy (non-hydrogen) atoms. The third-order valence-corrected chi connectivity index (χ3v) is 1.66. The van der Waals surface area contributed by atoms with Gasteiger partial charge in [0.1, 0.15) is 17.9 Å². The standard InChI is InChI=1S/C10H9F2NO/c11-8-5-7(3-1-2-4-14)10(13)9(12)6-8/h1,3-6H,2,13H2. The molecule has 0 aliphatic heterocycles. The zero-order valence-corrected chi connectivity index (χ0v) is 7.34. The Morgan fingerprint density at radius 1 is 1.36 bits per heavy atom. The second kappa shape index (κ2) is 4.50. The van der Waals surface area contributed by atoms with Crippen LogP contribution in [0.3, 0.4) is 0 Å². The topological polar surface area (TPSA) is 43.1 Å². The van der Waals surface area contributed by atoms with Crippen LogP contribution in [-0.4, -0.2) is 6.29 Å². The lowest BCUT2D eigenvalue weighted by molar-refractivity contribution is -0.107. The molecule has 0 aromatic heterocycles. The lowest BCUT2D eigenvalue weighted by Crippen LogP contribution is -1.95. The Labute approximate surface area is 80.0 Å². The molecule has 0 fully saturated rings. The Bertz CT molecular complexity index is 375. The molecule has 2 N–H and O–H groups in total. The summed E-state index contributed by atoms with van der Waals surface area (Å²) in [6.45, 7) is 0. The number of nitrogens with two attached hydrogens (primary N) is 1. The van der Waals surface area contributed by atoms with Crippen LogP contribution < -0.4 is 5.73 Å². The highest BCUT2D eigenvalue weighted by molar-refractivity contribution is 5.66. The first-order chi connectivity index (χ1) is 6.65. The number of hydrogen-bond donors (Lipinski definition) is 1. The fourth-order valence-electron chi connectivity index (χ4n) is 0.993. The van der Waals surface area contributed by atoms with Gasteiger partial charge >= 0.3 is 0 Å². The van der Waals surface area contributed by atoms with Gasteiger partial charge in [-0.05, 0) is 6.07 Å². The molecule has 0 bridgehead atoms. The number of nitrogen functional groups attached to an aromatic ring is 1. The molecule has 0 saturated heterocycles. The fraction of sp³-hybridized carbons (Fsp3) is 0.100. The molecule has 0 aliphatic rings. The predicted molar refractivity (Wildman–Crippen MR) is 50.5 cm³/mol. The zero-order chi connectivity index (χ0) is 10.6. The van der Waals surface area contributed by atoms with E-state index in [1.165, 1.54) is 12.2 Å². The highest BCUT2D eigenvalue weighted by atomic mass is 19.1. The van der Waals surface area contributed by atoms with Crippen LogP contribution in [0.1, 0.15) is 12.0 Å². The highest BCUT2D eigenvalue weighted by Gasteiger charge is 2.04. The molecule has 0 heterocycles. The van der Waals surface area contributed by atoms with E-state index >= 15 is 0 Å². The number of benzene rings is 1. The maximum absolute atomic E-state index is 12.9. The number of carbonyl (C=O) groups is 1. The molecule has 1 aromatic carbocycles.